The predicted octanol–water partition coefficient (Wildman–Crippen LogP) is 0.675. The quantitative estimate of drug-likeness (QED) is 0.629. The van der Waals surface area contributed by atoms with Crippen LogP contribution >= 0.6 is 0 Å². The van der Waals surface area contributed by atoms with Crippen LogP contribution < -0.4 is 0 Å². The number of methoxy groups -OCH3 is 2. The van der Waals surface area contributed by atoms with Gasteiger partial charge in [-0.15, -0.1) is 0 Å². The van der Waals surface area contributed by atoms with Gasteiger partial charge in [-0.1, -0.05) is 0 Å². The molecule has 4 nitrogen and oxygen atoms in total. The minimum atomic E-state index is -0.111. The summed E-state index contributed by atoms with van der Waals surface area (Å²) >= 11 is 0. The molecule has 2 atom stereocenters. The molecule has 0 bridgehead atoms. The number of hydrogen-bond acceptors (Lipinski definition) is 4. The number of rotatable bonds is 2. The molecule has 0 aliphatic carbocycles. The number of hydrogen-bond donors (Lipinski definition) is 0. The second kappa shape index (κ2) is 3.40. The van der Waals surface area contributed by atoms with Crippen LogP contribution in [-0.4, -0.2) is 38.2 Å². The highest BCUT2D eigenvalue weighted by molar-refractivity contribution is 5.18. The minimum absolute atomic E-state index is 0.0000926. The van der Waals surface area contributed by atoms with Gasteiger partial charge in [-0.25, -0.2) is 0 Å². The van der Waals surface area contributed by atoms with Crippen molar-refractivity contribution in [3.8, 4) is 0 Å². The zero-order chi connectivity index (χ0) is 9.26. The Bertz CT molecular complexity index is 249. The van der Waals surface area contributed by atoms with E-state index >= 15 is 0 Å². The van der Waals surface area contributed by atoms with Crippen molar-refractivity contribution >= 4 is 0 Å². The minimum Gasteiger partial charge on any atom is -0.496 e. The molecule has 72 valence electrons. The molecular weight excluding hydrogens is 170 g/mol. The molecule has 1 saturated heterocycles. The van der Waals surface area contributed by atoms with Gasteiger partial charge in [-0.2, -0.15) is 0 Å². The third-order valence-electron chi connectivity index (χ3n) is 2.27. The third kappa shape index (κ3) is 1.32. The maximum absolute atomic E-state index is 5.52. The molecule has 2 aliphatic rings. The molecule has 0 spiro atoms. The van der Waals surface area contributed by atoms with Gasteiger partial charge in [0.1, 0.15) is 5.76 Å². The Morgan fingerprint density at radius 3 is 3.08 bits per heavy atom. The van der Waals surface area contributed by atoms with E-state index in [9.17, 15) is 0 Å². The van der Waals surface area contributed by atoms with E-state index in [4.69, 9.17) is 14.2 Å². The SMILES string of the molecule is COC1=CC=CN2C(OC)COC12. The van der Waals surface area contributed by atoms with E-state index in [1.807, 2.05) is 23.3 Å². The molecule has 1 fully saturated rings. The molecule has 0 amide bonds. The van der Waals surface area contributed by atoms with Crippen molar-refractivity contribution in [2.24, 2.45) is 0 Å². The molecule has 2 aliphatic heterocycles. The first kappa shape index (κ1) is 8.59. The van der Waals surface area contributed by atoms with Gasteiger partial charge >= 0.3 is 0 Å². The molecule has 2 heterocycles. The lowest BCUT2D eigenvalue weighted by Crippen LogP contribution is -2.36. The van der Waals surface area contributed by atoms with Gasteiger partial charge in [0.15, 0.2) is 12.5 Å². The lowest BCUT2D eigenvalue weighted by atomic mass is 10.3. The van der Waals surface area contributed by atoms with Gasteiger partial charge in [0.05, 0.1) is 13.7 Å². The fraction of sp³-hybridized carbons (Fsp3) is 0.556. The van der Waals surface area contributed by atoms with E-state index < -0.39 is 0 Å². The Hall–Kier alpha value is -1.00. The van der Waals surface area contributed by atoms with E-state index in [1.54, 1.807) is 14.2 Å². The number of nitrogens with zero attached hydrogens (tertiary/aromatic N) is 1. The van der Waals surface area contributed by atoms with Gasteiger partial charge in [0.25, 0.3) is 0 Å². The van der Waals surface area contributed by atoms with Crippen molar-refractivity contribution in [1.29, 1.82) is 0 Å². The zero-order valence-electron chi connectivity index (χ0n) is 7.77. The second-order valence-corrected chi connectivity index (χ2v) is 2.94. The van der Waals surface area contributed by atoms with Crippen molar-refractivity contribution in [3.05, 3.63) is 24.1 Å². The smallest absolute Gasteiger partial charge is 0.190 e. The van der Waals surface area contributed by atoms with E-state index in [0.717, 1.165) is 5.76 Å². The first-order chi connectivity index (χ1) is 6.36. The predicted molar refractivity (Wildman–Crippen MR) is 46.6 cm³/mol. The second-order valence-electron chi connectivity index (χ2n) is 2.94. The summed E-state index contributed by atoms with van der Waals surface area (Å²) in [7, 11) is 3.32. The third-order valence-corrected chi connectivity index (χ3v) is 2.27. The fourth-order valence-corrected chi connectivity index (χ4v) is 1.58. The molecule has 0 radical (unpaired) electrons. The van der Waals surface area contributed by atoms with Crippen molar-refractivity contribution < 1.29 is 14.2 Å². The van der Waals surface area contributed by atoms with Crippen LogP contribution in [0.15, 0.2) is 24.1 Å². The summed E-state index contributed by atoms with van der Waals surface area (Å²) in [6, 6.07) is 0. The molecule has 0 aromatic carbocycles. The number of ether oxygens (including phenoxy) is 3. The van der Waals surface area contributed by atoms with Crippen molar-refractivity contribution in [2.75, 3.05) is 20.8 Å². The van der Waals surface area contributed by atoms with Crippen molar-refractivity contribution in [1.82, 2.24) is 4.90 Å². The van der Waals surface area contributed by atoms with Gasteiger partial charge in [-0.3, -0.25) is 0 Å². The summed E-state index contributed by atoms with van der Waals surface area (Å²) < 4.78 is 15.9. The maximum atomic E-state index is 5.52. The normalized spacial score (nSPS) is 31.5. The summed E-state index contributed by atoms with van der Waals surface area (Å²) in [4.78, 5) is 2.00. The van der Waals surface area contributed by atoms with E-state index in [0.29, 0.717) is 6.61 Å². The molecule has 2 rings (SSSR count). The highest BCUT2D eigenvalue weighted by Crippen LogP contribution is 2.26. The first-order valence-corrected chi connectivity index (χ1v) is 4.21. The lowest BCUT2D eigenvalue weighted by Gasteiger charge is -2.28. The summed E-state index contributed by atoms with van der Waals surface area (Å²) in [5, 5.41) is 0. The van der Waals surface area contributed by atoms with E-state index in [-0.39, 0.29) is 12.5 Å². The van der Waals surface area contributed by atoms with Gasteiger partial charge in [-0.05, 0) is 12.2 Å². The first-order valence-electron chi connectivity index (χ1n) is 4.21. The molecule has 0 saturated carbocycles. The number of allylic oxidation sites excluding steroid dienone is 2. The maximum Gasteiger partial charge on any atom is 0.190 e. The summed E-state index contributed by atoms with van der Waals surface area (Å²) in [6.45, 7) is 0.576. The standard InChI is InChI=1S/C9H13NO3/c1-11-7-4-3-5-10-8(12-2)6-13-9(7)10/h3-5,8-9H,6H2,1-2H3. The van der Waals surface area contributed by atoms with Crippen LogP contribution in [0, 0.1) is 0 Å². The summed E-state index contributed by atoms with van der Waals surface area (Å²) in [5.74, 6) is 0.821. The lowest BCUT2D eigenvalue weighted by molar-refractivity contribution is 0.00488. The molecular formula is C9H13NO3. The zero-order valence-corrected chi connectivity index (χ0v) is 7.77. The Morgan fingerprint density at radius 2 is 2.38 bits per heavy atom. The van der Waals surface area contributed by atoms with Crippen LogP contribution in [0.25, 0.3) is 0 Å². The van der Waals surface area contributed by atoms with Crippen LogP contribution in [0.3, 0.4) is 0 Å². The highest BCUT2D eigenvalue weighted by atomic mass is 16.6. The largest absolute Gasteiger partial charge is 0.496 e. The number of fused-ring (bicyclic) bond motifs is 1. The highest BCUT2D eigenvalue weighted by Gasteiger charge is 2.36. The van der Waals surface area contributed by atoms with Crippen LogP contribution in [0.1, 0.15) is 0 Å². The van der Waals surface area contributed by atoms with Gasteiger partial charge in [0, 0.05) is 13.3 Å². The van der Waals surface area contributed by atoms with E-state index in [1.165, 1.54) is 0 Å². The van der Waals surface area contributed by atoms with Crippen LogP contribution in [0.5, 0.6) is 0 Å². The Labute approximate surface area is 77.4 Å². The molecule has 4 heteroatoms. The van der Waals surface area contributed by atoms with Crippen LogP contribution in [0.4, 0.5) is 0 Å². The Kier molecular flexibility index (Phi) is 2.24. The fourth-order valence-electron chi connectivity index (χ4n) is 1.58. The molecule has 0 aromatic rings. The monoisotopic (exact) mass is 183 g/mol. The molecule has 2 unspecified atom stereocenters. The van der Waals surface area contributed by atoms with Crippen LogP contribution in [0.2, 0.25) is 0 Å². The summed E-state index contributed by atoms with van der Waals surface area (Å²) in [5.41, 5.74) is 0. The molecule has 13 heavy (non-hydrogen) atoms. The van der Waals surface area contributed by atoms with Crippen molar-refractivity contribution in [3.63, 3.8) is 0 Å². The van der Waals surface area contributed by atoms with Crippen LogP contribution in [-0.2, 0) is 14.2 Å². The average molecular weight is 183 g/mol. The van der Waals surface area contributed by atoms with Gasteiger partial charge in [0.2, 0.25) is 0 Å². The summed E-state index contributed by atoms with van der Waals surface area (Å²) in [6.07, 6.45) is 5.67. The average Bonchev–Trinajstić information content (AvgIpc) is 2.60. The van der Waals surface area contributed by atoms with E-state index in [2.05, 4.69) is 0 Å². The molecule has 0 N–H and O–H groups in total. The topological polar surface area (TPSA) is 30.9 Å². The Morgan fingerprint density at radius 1 is 1.54 bits per heavy atom. The van der Waals surface area contributed by atoms with Crippen molar-refractivity contribution in [2.45, 2.75) is 12.5 Å². The molecule has 0 aromatic heterocycles. The Balaban J connectivity index is 2.16. The van der Waals surface area contributed by atoms with Gasteiger partial charge < -0.3 is 19.1 Å².